The number of rotatable bonds is 1. The van der Waals surface area contributed by atoms with Gasteiger partial charge in [-0.05, 0) is 6.92 Å². The van der Waals surface area contributed by atoms with Crippen LogP contribution in [0.5, 0.6) is 0 Å². The standard InChI is InChI=1S/C9H12N2O2/c1-5-8(9(12)13)6(2)11(4)7(3)10-5/h1-4H3/p+1. The van der Waals surface area contributed by atoms with E-state index in [4.69, 9.17) is 5.11 Å². The van der Waals surface area contributed by atoms with Crippen LogP contribution in [0.25, 0.3) is 0 Å². The van der Waals surface area contributed by atoms with Crippen LogP contribution in [0.1, 0.15) is 27.6 Å². The minimum absolute atomic E-state index is 0.299. The molecule has 1 heterocycles. The molecule has 0 aliphatic carbocycles. The van der Waals surface area contributed by atoms with E-state index in [9.17, 15) is 4.79 Å². The zero-order chi connectivity index (χ0) is 10.2. The molecule has 1 rings (SSSR count). The Balaban J connectivity index is 3.53. The van der Waals surface area contributed by atoms with Crippen molar-refractivity contribution in [3.8, 4) is 0 Å². The summed E-state index contributed by atoms with van der Waals surface area (Å²) < 4.78 is 1.77. The van der Waals surface area contributed by atoms with Gasteiger partial charge in [0, 0.05) is 13.8 Å². The fourth-order valence-corrected chi connectivity index (χ4v) is 1.36. The minimum atomic E-state index is -0.918. The van der Waals surface area contributed by atoms with Gasteiger partial charge in [0.2, 0.25) is 0 Å². The molecular weight excluding hydrogens is 168 g/mol. The van der Waals surface area contributed by atoms with Crippen LogP contribution < -0.4 is 4.57 Å². The molecular formula is C9H13N2O2+. The second-order valence-corrected chi connectivity index (χ2v) is 3.07. The largest absolute Gasteiger partial charge is 0.477 e. The van der Waals surface area contributed by atoms with Crippen LogP contribution in [0.4, 0.5) is 0 Å². The molecule has 0 aliphatic heterocycles. The first-order valence-electron chi connectivity index (χ1n) is 4.02. The molecule has 0 saturated heterocycles. The van der Waals surface area contributed by atoms with Crippen molar-refractivity contribution in [2.24, 2.45) is 7.05 Å². The second-order valence-electron chi connectivity index (χ2n) is 3.07. The lowest BCUT2D eigenvalue weighted by Gasteiger charge is -2.03. The van der Waals surface area contributed by atoms with Gasteiger partial charge in [-0.2, -0.15) is 0 Å². The fourth-order valence-electron chi connectivity index (χ4n) is 1.36. The van der Waals surface area contributed by atoms with Crippen molar-refractivity contribution >= 4 is 5.97 Å². The number of carbonyl (C=O) groups is 1. The molecule has 0 spiro atoms. The molecule has 1 aromatic heterocycles. The molecule has 1 aromatic rings. The summed E-state index contributed by atoms with van der Waals surface area (Å²) >= 11 is 0. The zero-order valence-corrected chi connectivity index (χ0v) is 8.25. The minimum Gasteiger partial charge on any atom is -0.477 e. The number of aromatic nitrogens is 2. The maximum Gasteiger partial charge on any atom is 0.343 e. The van der Waals surface area contributed by atoms with Crippen molar-refractivity contribution in [1.29, 1.82) is 0 Å². The molecule has 0 aliphatic rings. The van der Waals surface area contributed by atoms with E-state index in [1.165, 1.54) is 0 Å². The third-order valence-corrected chi connectivity index (χ3v) is 2.26. The van der Waals surface area contributed by atoms with E-state index in [-0.39, 0.29) is 0 Å². The maximum atomic E-state index is 10.9. The van der Waals surface area contributed by atoms with Crippen molar-refractivity contribution in [3.63, 3.8) is 0 Å². The van der Waals surface area contributed by atoms with Crippen LogP contribution in [0.3, 0.4) is 0 Å². The average Bonchev–Trinajstić information content (AvgIpc) is 1.99. The Bertz CT molecular complexity index is 372. The average molecular weight is 181 g/mol. The molecule has 4 heteroatoms. The van der Waals surface area contributed by atoms with Gasteiger partial charge in [-0.15, -0.1) is 0 Å². The predicted octanol–water partition coefficient (Wildman–Crippen LogP) is 0.530. The third kappa shape index (κ3) is 1.52. The van der Waals surface area contributed by atoms with E-state index in [0.717, 1.165) is 11.5 Å². The topological polar surface area (TPSA) is 54.1 Å². The molecule has 0 amide bonds. The monoisotopic (exact) mass is 181 g/mol. The first-order chi connectivity index (χ1) is 5.95. The SMILES string of the molecule is Cc1nc(C)[n+](C)c(C)c1C(=O)O. The Morgan fingerprint density at radius 2 is 1.92 bits per heavy atom. The van der Waals surface area contributed by atoms with Crippen molar-refractivity contribution in [2.45, 2.75) is 20.8 Å². The molecule has 0 bridgehead atoms. The van der Waals surface area contributed by atoms with Gasteiger partial charge in [0.25, 0.3) is 5.82 Å². The lowest BCUT2D eigenvalue weighted by molar-refractivity contribution is -0.687. The van der Waals surface area contributed by atoms with Gasteiger partial charge in [-0.3, -0.25) is 0 Å². The van der Waals surface area contributed by atoms with Crippen LogP contribution in [0, 0.1) is 20.8 Å². The quantitative estimate of drug-likeness (QED) is 0.643. The highest BCUT2D eigenvalue weighted by atomic mass is 16.4. The number of hydrogen-bond donors (Lipinski definition) is 1. The molecule has 0 aromatic carbocycles. The van der Waals surface area contributed by atoms with Crippen molar-refractivity contribution in [1.82, 2.24) is 4.98 Å². The lowest BCUT2D eigenvalue weighted by Crippen LogP contribution is -2.39. The van der Waals surface area contributed by atoms with Gasteiger partial charge in [-0.25, -0.2) is 9.36 Å². The summed E-state index contributed by atoms with van der Waals surface area (Å²) in [6.45, 7) is 5.35. The van der Waals surface area contributed by atoms with Gasteiger partial charge in [0.1, 0.15) is 11.3 Å². The molecule has 4 nitrogen and oxygen atoms in total. The zero-order valence-electron chi connectivity index (χ0n) is 8.25. The summed E-state index contributed by atoms with van der Waals surface area (Å²) in [5, 5.41) is 8.91. The summed E-state index contributed by atoms with van der Waals surface area (Å²) in [7, 11) is 1.81. The fraction of sp³-hybridized carbons (Fsp3) is 0.444. The Kier molecular flexibility index (Phi) is 2.32. The summed E-state index contributed by atoms with van der Waals surface area (Å²) in [6.07, 6.45) is 0. The van der Waals surface area contributed by atoms with E-state index in [1.54, 1.807) is 18.4 Å². The highest BCUT2D eigenvalue weighted by molar-refractivity contribution is 5.89. The number of carboxylic acids is 1. The maximum absolute atomic E-state index is 10.9. The van der Waals surface area contributed by atoms with Crippen LogP contribution in [-0.2, 0) is 7.05 Å². The number of aromatic carboxylic acids is 1. The van der Waals surface area contributed by atoms with E-state index in [1.807, 2.05) is 14.0 Å². The van der Waals surface area contributed by atoms with Gasteiger partial charge >= 0.3 is 5.97 Å². The Morgan fingerprint density at radius 3 is 2.38 bits per heavy atom. The number of aryl methyl sites for hydroxylation is 2. The van der Waals surface area contributed by atoms with Crippen LogP contribution in [0.15, 0.2) is 0 Å². The molecule has 0 radical (unpaired) electrons. The number of hydrogen-bond acceptors (Lipinski definition) is 2. The first kappa shape index (κ1) is 9.64. The number of carboxylic acid groups (broad SMARTS) is 1. The van der Waals surface area contributed by atoms with E-state index >= 15 is 0 Å². The van der Waals surface area contributed by atoms with Crippen LogP contribution >= 0.6 is 0 Å². The van der Waals surface area contributed by atoms with Crippen molar-refractivity contribution in [2.75, 3.05) is 0 Å². The molecule has 1 N–H and O–H groups in total. The lowest BCUT2D eigenvalue weighted by atomic mass is 10.1. The summed E-state index contributed by atoms with van der Waals surface area (Å²) in [4.78, 5) is 15.0. The third-order valence-electron chi connectivity index (χ3n) is 2.26. The van der Waals surface area contributed by atoms with Crippen molar-refractivity contribution < 1.29 is 14.5 Å². The predicted molar refractivity (Wildman–Crippen MR) is 46.6 cm³/mol. The van der Waals surface area contributed by atoms with E-state index < -0.39 is 5.97 Å². The summed E-state index contributed by atoms with van der Waals surface area (Å²) in [5.41, 5.74) is 1.60. The Hall–Kier alpha value is -1.45. The van der Waals surface area contributed by atoms with Gasteiger partial charge in [0.05, 0.1) is 7.05 Å². The summed E-state index contributed by atoms with van der Waals surface area (Å²) in [5.74, 6) is -0.0990. The second kappa shape index (κ2) is 3.12. The van der Waals surface area contributed by atoms with Gasteiger partial charge in [0.15, 0.2) is 5.69 Å². The van der Waals surface area contributed by atoms with E-state index in [0.29, 0.717) is 11.3 Å². The van der Waals surface area contributed by atoms with Crippen LogP contribution in [-0.4, -0.2) is 16.1 Å². The highest BCUT2D eigenvalue weighted by Crippen LogP contribution is 2.07. The summed E-state index contributed by atoms with van der Waals surface area (Å²) in [6, 6.07) is 0. The molecule has 13 heavy (non-hydrogen) atoms. The van der Waals surface area contributed by atoms with Gasteiger partial charge < -0.3 is 5.11 Å². The molecule has 70 valence electrons. The number of nitrogens with zero attached hydrogens (tertiary/aromatic N) is 2. The first-order valence-corrected chi connectivity index (χ1v) is 4.02. The van der Waals surface area contributed by atoms with E-state index in [2.05, 4.69) is 4.98 Å². The molecule has 0 atom stereocenters. The molecule has 0 unspecified atom stereocenters. The van der Waals surface area contributed by atoms with Gasteiger partial charge in [-0.1, -0.05) is 4.98 Å². The smallest absolute Gasteiger partial charge is 0.343 e. The van der Waals surface area contributed by atoms with Crippen molar-refractivity contribution in [3.05, 3.63) is 22.8 Å². The highest BCUT2D eigenvalue weighted by Gasteiger charge is 2.21. The van der Waals surface area contributed by atoms with Crippen LogP contribution in [0.2, 0.25) is 0 Å². The molecule has 0 fully saturated rings. The normalized spacial score (nSPS) is 10.2. The Morgan fingerprint density at radius 1 is 1.38 bits per heavy atom. The molecule has 0 saturated carbocycles. The Labute approximate surface area is 76.9 Å².